The smallest absolute Gasteiger partial charge is 0.0760 e. The Morgan fingerprint density at radius 1 is 1.38 bits per heavy atom. The van der Waals surface area contributed by atoms with Crippen molar-refractivity contribution < 1.29 is 9.47 Å². The van der Waals surface area contributed by atoms with Gasteiger partial charge in [-0.2, -0.15) is 0 Å². The van der Waals surface area contributed by atoms with Gasteiger partial charge in [0, 0.05) is 26.1 Å². The van der Waals surface area contributed by atoms with Crippen LogP contribution in [0.3, 0.4) is 0 Å². The second-order valence-corrected chi connectivity index (χ2v) is 4.14. The van der Waals surface area contributed by atoms with Crippen molar-refractivity contribution in [3.8, 4) is 0 Å². The molecule has 0 saturated carbocycles. The number of hydrogen-bond acceptors (Lipinski definition) is 3. The fraction of sp³-hybridized carbons (Fsp3) is 1.00. The van der Waals surface area contributed by atoms with Crippen LogP contribution in [0.2, 0.25) is 0 Å². The Hall–Kier alpha value is -0.120. The molecule has 2 unspecified atom stereocenters. The van der Waals surface area contributed by atoms with E-state index in [2.05, 4.69) is 25.8 Å². The summed E-state index contributed by atoms with van der Waals surface area (Å²) in [6, 6.07) is 0. The molecule has 3 heteroatoms. The Morgan fingerprint density at radius 2 is 2.08 bits per heavy atom. The molecule has 0 bridgehead atoms. The van der Waals surface area contributed by atoms with Gasteiger partial charge in [0.2, 0.25) is 0 Å². The lowest BCUT2D eigenvalue weighted by Crippen LogP contribution is -2.26. The molecule has 1 rings (SSSR count). The molecule has 1 saturated heterocycles. The molecule has 3 nitrogen and oxygen atoms in total. The predicted molar refractivity (Wildman–Crippen MR) is 52.9 cm³/mol. The van der Waals surface area contributed by atoms with Gasteiger partial charge in [0.25, 0.3) is 0 Å². The predicted octanol–water partition coefficient (Wildman–Crippen LogP) is 0.988. The van der Waals surface area contributed by atoms with E-state index in [1.165, 1.54) is 0 Å². The first-order chi connectivity index (χ1) is 6.13. The number of nitrogens with zero attached hydrogens (tertiary/aromatic N) is 1. The molecule has 0 aromatic heterocycles. The van der Waals surface area contributed by atoms with Crippen molar-refractivity contribution in [1.29, 1.82) is 0 Å². The zero-order chi connectivity index (χ0) is 9.84. The number of hydrogen-bond donors (Lipinski definition) is 0. The van der Waals surface area contributed by atoms with Gasteiger partial charge in [0.05, 0.1) is 18.8 Å². The van der Waals surface area contributed by atoms with Crippen molar-refractivity contribution in [1.82, 2.24) is 4.90 Å². The lowest BCUT2D eigenvalue weighted by molar-refractivity contribution is 0.00520. The highest BCUT2D eigenvalue weighted by Crippen LogP contribution is 2.18. The summed E-state index contributed by atoms with van der Waals surface area (Å²) in [5.74, 6) is 0.539. The van der Waals surface area contributed by atoms with E-state index >= 15 is 0 Å². The first-order valence-electron chi connectivity index (χ1n) is 4.96. The number of likely N-dealkylation sites (tertiary alicyclic amines) is 1. The van der Waals surface area contributed by atoms with Gasteiger partial charge in [-0.3, -0.25) is 0 Å². The molecule has 1 fully saturated rings. The second-order valence-electron chi connectivity index (χ2n) is 4.14. The maximum atomic E-state index is 5.60. The maximum absolute atomic E-state index is 5.60. The topological polar surface area (TPSA) is 21.7 Å². The quantitative estimate of drug-likeness (QED) is 0.655. The molecular weight excluding hydrogens is 166 g/mol. The number of likely N-dealkylation sites (N-methyl/N-ethyl adjacent to an activating group) is 1. The van der Waals surface area contributed by atoms with Crippen LogP contribution in [0.15, 0.2) is 0 Å². The zero-order valence-electron chi connectivity index (χ0n) is 9.12. The van der Waals surface area contributed by atoms with Gasteiger partial charge in [-0.25, -0.2) is 0 Å². The highest BCUT2D eigenvalue weighted by molar-refractivity contribution is 4.82. The fourth-order valence-corrected chi connectivity index (χ4v) is 1.79. The monoisotopic (exact) mass is 187 g/mol. The van der Waals surface area contributed by atoms with Crippen LogP contribution < -0.4 is 0 Å². The summed E-state index contributed by atoms with van der Waals surface area (Å²) in [4.78, 5) is 2.29. The minimum atomic E-state index is 0.323. The third-order valence-electron chi connectivity index (χ3n) is 2.51. The Bertz CT molecular complexity index is 150. The molecule has 1 aliphatic heterocycles. The first kappa shape index (κ1) is 11.0. The van der Waals surface area contributed by atoms with E-state index < -0.39 is 0 Å². The average molecular weight is 187 g/mol. The van der Waals surface area contributed by atoms with Crippen LogP contribution in [0.25, 0.3) is 0 Å². The standard InChI is InChI=1S/C10H21NO2/c1-8(2)13-7-9-5-11(3)6-10(9)12-4/h8-10H,5-7H2,1-4H3. The summed E-state index contributed by atoms with van der Waals surface area (Å²) >= 11 is 0. The van der Waals surface area contributed by atoms with Gasteiger partial charge in [-0.05, 0) is 20.9 Å². The minimum Gasteiger partial charge on any atom is -0.380 e. The van der Waals surface area contributed by atoms with Crippen molar-refractivity contribution in [3.05, 3.63) is 0 Å². The lowest BCUT2D eigenvalue weighted by atomic mass is 10.1. The maximum Gasteiger partial charge on any atom is 0.0760 e. The van der Waals surface area contributed by atoms with Crippen molar-refractivity contribution in [2.45, 2.75) is 26.1 Å². The van der Waals surface area contributed by atoms with Crippen LogP contribution in [-0.2, 0) is 9.47 Å². The molecule has 13 heavy (non-hydrogen) atoms. The van der Waals surface area contributed by atoms with E-state index in [1.807, 2.05) is 0 Å². The van der Waals surface area contributed by atoms with Crippen LogP contribution in [0.1, 0.15) is 13.8 Å². The van der Waals surface area contributed by atoms with E-state index in [9.17, 15) is 0 Å². The van der Waals surface area contributed by atoms with Gasteiger partial charge in [-0.15, -0.1) is 0 Å². The molecule has 0 N–H and O–H groups in total. The number of methoxy groups -OCH3 is 1. The average Bonchev–Trinajstić information content (AvgIpc) is 2.42. The van der Waals surface area contributed by atoms with E-state index in [-0.39, 0.29) is 0 Å². The molecule has 2 atom stereocenters. The summed E-state index contributed by atoms with van der Waals surface area (Å²) < 4.78 is 11.0. The van der Waals surface area contributed by atoms with Crippen molar-refractivity contribution in [2.24, 2.45) is 5.92 Å². The van der Waals surface area contributed by atoms with Crippen LogP contribution in [0.5, 0.6) is 0 Å². The van der Waals surface area contributed by atoms with E-state index in [1.54, 1.807) is 7.11 Å². The largest absolute Gasteiger partial charge is 0.380 e. The second kappa shape index (κ2) is 4.94. The normalized spacial score (nSPS) is 30.2. The SMILES string of the molecule is COC1CN(C)CC1COC(C)C. The summed E-state index contributed by atoms with van der Waals surface area (Å²) in [7, 11) is 3.91. The Morgan fingerprint density at radius 3 is 2.62 bits per heavy atom. The third-order valence-corrected chi connectivity index (χ3v) is 2.51. The molecule has 0 amide bonds. The van der Waals surface area contributed by atoms with Gasteiger partial charge in [0.1, 0.15) is 0 Å². The summed E-state index contributed by atoms with van der Waals surface area (Å²) in [6.07, 6.45) is 0.673. The number of rotatable bonds is 4. The fourth-order valence-electron chi connectivity index (χ4n) is 1.79. The van der Waals surface area contributed by atoms with Crippen LogP contribution in [0.4, 0.5) is 0 Å². The summed E-state index contributed by atoms with van der Waals surface area (Å²) in [5.41, 5.74) is 0. The van der Waals surface area contributed by atoms with Crippen LogP contribution in [-0.4, -0.2) is 51.0 Å². The molecule has 0 aromatic rings. The lowest BCUT2D eigenvalue weighted by Gasteiger charge is -2.18. The molecule has 78 valence electrons. The molecule has 1 aliphatic rings. The van der Waals surface area contributed by atoms with Crippen LogP contribution in [0, 0.1) is 5.92 Å². The van der Waals surface area contributed by atoms with Crippen molar-refractivity contribution in [2.75, 3.05) is 33.9 Å². The van der Waals surface area contributed by atoms with E-state index in [0.717, 1.165) is 19.7 Å². The highest BCUT2D eigenvalue weighted by Gasteiger charge is 2.30. The first-order valence-corrected chi connectivity index (χ1v) is 4.96. The van der Waals surface area contributed by atoms with Gasteiger partial charge in [-0.1, -0.05) is 0 Å². The van der Waals surface area contributed by atoms with Gasteiger partial charge < -0.3 is 14.4 Å². The third kappa shape index (κ3) is 3.25. The Balaban J connectivity index is 2.31. The van der Waals surface area contributed by atoms with E-state index in [0.29, 0.717) is 18.1 Å². The Kier molecular flexibility index (Phi) is 4.16. The number of ether oxygens (including phenoxy) is 2. The molecule has 0 radical (unpaired) electrons. The highest BCUT2D eigenvalue weighted by atomic mass is 16.5. The van der Waals surface area contributed by atoms with Gasteiger partial charge in [0.15, 0.2) is 0 Å². The molecular formula is C10H21NO2. The molecule has 0 aromatic carbocycles. The van der Waals surface area contributed by atoms with Crippen LogP contribution >= 0.6 is 0 Å². The van der Waals surface area contributed by atoms with Gasteiger partial charge >= 0.3 is 0 Å². The Labute approximate surface area is 81.0 Å². The molecule has 0 aliphatic carbocycles. The minimum absolute atomic E-state index is 0.323. The van der Waals surface area contributed by atoms with E-state index in [4.69, 9.17) is 9.47 Å². The molecule has 0 spiro atoms. The zero-order valence-corrected chi connectivity index (χ0v) is 9.12. The van der Waals surface area contributed by atoms with Crippen molar-refractivity contribution >= 4 is 0 Å². The van der Waals surface area contributed by atoms with Crippen molar-refractivity contribution in [3.63, 3.8) is 0 Å². The molecule has 1 heterocycles. The summed E-state index contributed by atoms with van der Waals surface area (Å²) in [5, 5.41) is 0. The summed E-state index contributed by atoms with van der Waals surface area (Å²) in [6.45, 7) is 7.08.